The molecule has 4 rings (SSSR count). The van der Waals surface area contributed by atoms with Gasteiger partial charge in [-0.05, 0) is 48.9 Å². The van der Waals surface area contributed by atoms with E-state index in [4.69, 9.17) is 16.3 Å². The number of urea groups is 1. The number of fused-ring (bicyclic) bond motifs is 1. The molecule has 0 spiro atoms. The minimum atomic E-state index is -3.28. The fourth-order valence-electron chi connectivity index (χ4n) is 3.97. The number of amides is 2. The number of halogens is 2. The minimum absolute atomic E-state index is 0.0930. The van der Waals surface area contributed by atoms with Gasteiger partial charge in [0, 0.05) is 17.3 Å². The molecule has 0 unspecified atom stereocenters. The Bertz CT molecular complexity index is 1040. The van der Waals surface area contributed by atoms with E-state index in [9.17, 15) is 17.6 Å². The highest BCUT2D eigenvalue weighted by Gasteiger charge is 2.53. The average molecular weight is 439 g/mol. The van der Waals surface area contributed by atoms with Crippen molar-refractivity contribution in [1.29, 1.82) is 0 Å². The normalized spacial score (nSPS) is 22.8. The zero-order valence-electron chi connectivity index (χ0n) is 15.7. The molecule has 2 aromatic carbocycles. The Labute approximate surface area is 173 Å². The van der Waals surface area contributed by atoms with Crippen LogP contribution in [-0.2, 0) is 16.4 Å². The molecule has 2 fully saturated rings. The zero-order chi connectivity index (χ0) is 20.8. The van der Waals surface area contributed by atoms with Gasteiger partial charge in [0.2, 0.25) is 0 Å². The highest BCUT2D eigenvalue weighted by Crippen LogP contribution is 2.37. The lowest BCUT2D eigenvalue weighted by Crippen LogP contribution is -2.37. The third-order valence-corrected chi connectivity index (χ3v) is 7.31. The Balaban J connectivity index is 1.67. The van der Waals surface area contributed by atoms with Crippen LogP contribution in [0.1, 0.15) is 12.5 Å². The molecule has 0 N–H and O–H groups in total. The summed E-state index contributed by atoms with van der Waals surface area (Å²) in [6, 6.07) is 9.72. The maximum absolute atomic E-state index is 13.4. The van der Waals surface area contributed by atoms with E-state index in [1.807, 2.05) is 6.92 Å². The molecule has 0 bridgehead atoms. The lowest BCUT2D eigenvalue weighted by molar-refractivity contribution is 0.206. The summed E-state index contributed by atoms with van der Waals surface area (Å²) >= 11 is 6.13. The van der Waals surface area contributed by atoms with Crippen molar-refractivity contribution in [2.75, 3.05) is 23.0 Å². The number of sulfone groups is 1. The summed E-state index contributed by atoms with van der Waals surface area (Å²) in [5, 5.41) is 0.203. The predicted octanol–water partition coefficient (Wildman–Crippen LogP) is 3.49. The van der Waals surface area contributed by atoms with Gasteiger partial charge < -0.3 is 9.64 Å². The summed E-state index contributed by atoms with van der Waals surface area (Å²) in [6.45, 7) is 2.52. The van der Waals surface area contributed by atoms with Crippen LogP contribution in [0.2, 0.25) is 5.02 Å². The van der Waals surface area contributed by atoms with Gasteiger partial charge in [-0.15, -0.1) is 0 Å². The number of ether oxygens (including phenoxy) is 1. The van der Waals surface area contributed by atoms with Crippen LogP contribution < -0.4 is 9.64 Å². The molecule has 29 heavy (non-hydrogen) atoms. The number of rotatable bonds is 5. The third-order valence-electron chi connectivity index (χ3n) is 5.26. The van der Waals surface area contributed by atoms with Gasteiger partial charge in [-0.1, -0.05) is 17.7 Å². The van der Waals surface area contributed by atoms with E-state index in [1.54, 1.807) is 24.3 Å². The average Bonchev–Trinajstić information content (AvgIpc) is 3.09. The molecule has 0 aromatic heterocycles. The van der Waals surface area contributed by atoms with Crippen molar-refractivity contribution >= 4 is 33.2 Å². The molecular formula is C20H20ClFN2O4S. The van der Waals surface area contributed by atoms with E-state index in [1.165, 1.54) is 28.0 Å². The number of nitrogens with zero attached hydrogens (tertiary/aromatic N) is 2. The van der Waals surface area contributed by atoms with Gasteiger partial charge in [0.25, 0.3) is 0 Å². The number of hydrogen-bond donors (Lipinski definition) is 0. The number of carbonyl (C=O) groups excluding carboxylic acids is 1. The van der Waals surface area contributed by atoms with Gasteiger partial charge in [-0.3, -0.25) is 4.90 Å². The van der Waals surface area contributed by atoms with Crippen molar-refractivity contribution in [3.8, 4) is 5.75 Å². The lowest BCUT2D eigenvalue weighted by atomic mass is 10.1. The molecule has 9 heteroatoms. The number of carbonyl (C=O) groups is 1. The van der Waals surface area contributed by atoms with Gasteiger partial charge in [0.05, 0.1) is 30.2 Å². The van der Waals surface area contributed by atoms with Crippen molar-refractivity contribution in [2.24, 2.45) is 0 Å². The van der Waals surface area contributed by atoms with Gasteiger partial charge in [0.1, 0.15) is 11.6 Å². The third kappa shape index (κ3) is 3.79. The van der Waals surface area contributed by atoms with E-state index in [2.05, 4.69) is 0 Å². The molecule has 2 heterocycles. The molecule has 2 aliphatic heterocycles. The van der Waals surface area contributed by atoms with Crippen molar-refractivity contribution in [2.45, 2.75) is 25.6 Å². The monoisotopic (exact) mass is 438 g/mol. The summed E-state index contributed by atoms with van der Waals surface area (Å²) in [4.78, 5) is 16.3. The summed E-state index contributed by atoms with van der Waals surface area (Å²) in [6.07, 6.45) is 0. The molecule has 2 aromatic rings. The van der Waals surface area contributed by atoms with Crippen LogP contribution in [-0.4, -0.2) is 49.5 Å². The molecule has 0 saturated carbocycles. The summed E-state index contributed by atoms with van der Waals surface area (Å²) in [7, 11) is -3.28. The fraction of sp³-hybridized carbons (Fsp3) is 0.350. The topological polar surface area (TPSA) is 66.9 Å². The smallest absolute Gasteiger partial charge is 0.325 e. The van der Waals surface area contributed by atoms with Crippen molar-refractivity contribution < 1.29 is 22.3 Å². The van der Waals surface area contributed by atoms with Crippen LogP contribution in [0.4, 0.5) is 14.9 Å². The van der Waals surface area contributed by atoms with Crippen LogP contribution in [0.25, 0.3) is 0 Å². The standard InChI is InChI=1S/C20H20ClFN2O4S/c1-2-28-16-7-5-15(6-8-16)24-19-12-29(26,27)11-18(19)23(20(24)25)10-13-3-4-14(22)9-17(13)21/h3-9,18-19H,2,10-12H2,1H3/t18-,19-/m1/s1. The van der Waals surface area contributed by atoms with E-state index in [0.717, 1.165) is 0 Å². The molecule has 2 saturated heterocycles. The largest absolute Gasteiger partial charge is 0.494 e. The first-order valence-corrected chi connectivity index (χ1v) is 11.5. The number of benzene rings is 2. The molecule has 0 radical (unpaired) electrons. The van der Waals surface area contributed by atoms with E-state index in [-0.39, 0.29) is 29.1 Å². The molecule has 0 aliphatic carbocycles. The van der Waals surface area contributed by atoms with Gasteiger partial charge in [-0.25, -0.2) is 17.6 Å². The van der Waals surface area contributed by atoms with Crippen LogP contribution in [0, 0.1) is 5.82 Å². The van der Waals surface area contributed by atoms with Crippen LogP contribution >= 0.6 is 11.6 Å². The summed E-state index contributed by atoms with van der Waals surface area (Å²) in [5.74, 6) is 0.0114. The van der Waals surface area contributed by atoms with Crippen molar-refractivity contribution in [1.82, 2.24) is 4.90 Å². The second-order valence-corrected chi connectivity index (χ2v) is 9.72. The predicted molar refractivity (Wildman–Crippen MR) is 109 cm³/mol. The Hall–Kier alpha value is -2.32. The van der Waals surface area contributed by atoms with Crippen LogP contribution in [0.15, 0.2) is 42.5 Å². The van der Waals surface area contributed by atoms with Crippen LogP contribution in [0.3, 0.4) is 0 Å². The summed E-state index contributed by atoms with van der Waals surface area (Å²) in [5.41, 5.74) is 1.18. The zero-order valence-corrected chi connectivity index (χ0v) is 17.3. The van der Waals surface area contributed by atoms with Crippen molar-refractivity contribution in [3.05, 3.63) is 58.9 Å². The highest BCUT2D eigenvalue weighted by atomic mass is 35.5. The molecular weight excluding hydrogens is 419 g/mol. The lowest BCUT2D eigenvalue weighted by Gasteiger charge is -2.23. The fourth-order valence-corrected chi connectivity index (χ4v) is 6.14. The van der Waals surface area contributed by atoms with Gasteiger partial charge in [0.15, 0.2) is 9.84 Å². The Morgan fingerprint density at radius 3 is 2.48 bits per heavy atom. The highest BCUT2D eigenvalue weighted by molar-refractivity contribution is 7.91. The number of anilines is 1. The molecule has 2 aliphatic rings. The van der Waals surface area contributed by atoms with Crippen molar-refractivity contribution in [3.63, 3.8) is 0 Å². The Kier molecular flexibility index (Phi) is 5.16. The molecule has 2 amide bonds. The first-order chi connectivity index (χ1) is 13.8. The quantitative estimate of drug-likeness (QED) is 0.670. The summed E-state index contributed by atoms with van der Waals surface area (Å²) < 4.78 is 43.4. The van der Waals surface area contributed by atoms with Gasteiger partial charge in [-0.2, -0.15) is 0 Å². The minimum Gasteiger partial charge on any atom is -0.494 e. The van der Waals surface area contributed by atoms with E-state index < -0.39 is 27.7 Å². The first kappa shape index (κ1) is 20.0. The second kappa shape index (κ2) is 7.50. The van der Waals surface area contributed by atoms with E-state index >= 15 is 0 Å². The number of hydrogen-bond acceptors (Lipinski definition) is 4. The Morgan fingerprint density at radius 2 is 1.83 bits per heavy atom. The Morgan fingerprint density at radius 1 is 1.14 bits per heavy atom. The van der Waals surface area contributed by atoms with Crippen LogP contribution in [0.5, 0.6) is 5.75 Å². The SMILES string of the molecule is CCOc1ccc(N2C(=O)N(Cc3ccc(F)cc3Cl)[C@@H]3CS(=O)(=O)C[C@H]32)cc1. The van der Waals surface area contributed by atoms with Gasteiger partial charge >= 0.3 is 6.03 Å². The first-order valence-electron chi connectivity index (χ1n) is 9.26. The maximum atomic E-state index is 13.4. The molecule has 154 valence electrons. The van der Waals surface area contributed by atoms with E-state index in [0.29, 0.717) is 23.6 Å². The molecule has 6 nitrogen and oxygen atoms in total. The maximum Gasteiger partial charge on any atom is 0.325 e. The second-order valence-electron chi connectivity index (χ2n) is 7.15. The molecule has 2 atom stereocenters.